The maximum absolute atomic E-state index is 10.8. The molecule has 2 aromatic carbocycles. The Morgan fingerprint density at radius 3 is 2.46 bits per heavy atom. The highest BCUT2D eigenvalue weighted by Gasteiger charge is 2.30. The van der Waals surface area contributed by atoms with E-state index in [1.165, 1.54) is 12.1 Å². The molecule has 0 radical (unpaired) electrons. The summed E-state index contributed by atoms with van der Waals surface area (Å²) in [7, 11) is 0. The topological polar surface area (TPSA) is 85.3 Å². The van der Waals surface area contributed by atoms with Gasteiger partial charge in [0.2, 0.25) is 11.8 Å². The Bertz CT molecular complexity index is 1000. The van der Waals surface area contributed by atoms with E-state index < -0.39 is 4.92 Å². The third kappa shape index (κ3) is 4.32. The lowest BCUT2D eigenvalue weighted by Gasteiger charge is -2.20. The van der Waals surface area contributed by atoms with Crippen molar-refractivity contribution < 1.29 is 9.34 Å². The van der Waals surface area contributed by atoms with Gasteiger partial charge in [-0.3, -0.25) is 15.0 Å². The lowest BCUT2D eigenvalue weighted by Crippen LogP contribution is -2.25. The fraction of sp³-hybridized carbons (Fsp3) is 0.263. The highest BCUT2D eigenvalue weighted by Crippen LogP contribution is 2.31. The SMILES string of the molecule is O=[N+]([O-])c1ccc(-c2nnc(CN(Cc3ccc(Cl)c(Cl)c3)C3CC3)o2)cc1. The molecule has 144 valence electrons. The Balaban J connectivity index is 1.47. The van der Waals surface area contributed by atoms with E-state index in [1.807, 2.05) is 12.1 Å². The Morgan fingerprint density at radius 2 is 1.82 bits per heavy atom. The maximum atomic E-state index is 10.8. The molecular weight excluding hydrogens is 403 g/mol. The van der Waals surface area contributed by atoms with Crippen LogP contribution in [0.3, 0.4) is 0 Å². The number of halogens is 2. The molecule has 1 saturated carbocycles. The van der Waals surface area contributed by atoms with E-state index in [1.54, 1.807) is 18.2 Å². The smallest absolute Gasteiger partial charge is 0.269 e. The largest absolute Gasteiger partial charge is 0.419 e. The molecule has 0 saturated heterocycles. The molecule has 1 aromatic heterocycles. The van der Waals surface area contributed by atoms with Crippen molar-refractivity contribution in [3.63, 3.8) is 0 Å². The molecule has 0 aliphatic heterocycles. The lowest BCUT2D eigenvalue weighted by molar-refractivity contribution is -0.384. The van der Waals surface area contributed by atoms with Crippen molar-refractivity contribution in [1.29, 1.82) is 0 Å². The van der Waals surface area contributed by atoms with Gasteiger partial charge in [0, 0.05) is 30.3 Å². The van der Waals surface area contributed by atoms with Crippen LogP contribution in [0.1, 0.15) is 24.3 Å². The summed E-state index contributed by atoms with van der Waals surface area (Å²) in [5.74, 6) is 0.843. The second kappa shape index (κ2) is 7.87. The first-order chi connectivity index (χ1) is 13.5. The minimum Gasteiger partial charge on any atom is -0.419 e. The number of hydrogen-bond donors (Lipinski definition) is 0. The van der Waals surface area contributed by atoms with Gasteiger partial charge in [0.05, 0.1) is 21.5 Å². The number of nitro groups is 1. The van der Waals surface area contributed by atoms with E-state index in [4.69, 9.17) is 27.6 Å². The highest BCUT2D eigenvalue weighted by molar-refractivity contribution is 6.42. The van der Waals surface area contributed by atoms with Crippen LogP contribution in [0.5, 0.6) is 0 Å². The molecule has 0 bridgehead atoms. The summed E-state index contributed by atoms with van der Waals surface area (Å²) in [6.45, 7) is 1.22. The van der Waals surface area contributed by atoms with Crippen LogP contribution in [0.25, 0.3) is 11.5 Å². The first-order valence-corrected chi connectivity index (χ1v) is 9.50. The number of non-ortho nitro benzene ring substituents is 1. The van der Waals surface area contributed by atoms with E-state index in [9.17, 15) is 10.1 Å². The maximum Gasteiger partial charge on any atom is 0.269 e. The van der Waals surface area contributed by atoms with Crippen molar-refractivity contribution in [3.8, 4) is 11.5 Å². The normalized spacial score (nSPS) is 13.8. The zero-order valence-electron chi connectivity index (χ0n) is 14.7. The molecule has 1 heterocycles. The van der Waals surface area contributed by atoms with Gasteiger partial charge in [-0.15, -0.1) is 10.2 Å². The molecule has 1 fully saturated rings. The second-order valence-corrected chi connectivity index (χ2v) is 7.50. The predicted molar refractivity (Wildman–Crippen MR) is 105 cm³/mol. The Hall–Kier alpha value is -2.48. The van der Waals surface area contributed by atoms with Crippen LogP contribution >= 0.6 is 23.2 Å². The van der Waals surface area contributed by atoms with Crippen LogP contribution in [0, 0.1) is 10.1 Å². The minimum absolute atomic E-state index is 0.0185. The zero-order chi connectivity index (χ0) is 19.7. The van der Waals surface area contributed by atoms with Crippen molar-refractivity contribution in [2.24, 2.45) is 0 Å². The van der Waals surface area contributed by atoms with Gasteiger partial charge >= 0.3 is 0 Å². The third-order valence-electron chi connectivity index (χ3n) is 4.56. The summed E-state index contributed by atoms with van der Waals surface area (Å²) in [5, 5.41) is 20.0. The summed E-state index contributed by atoms with van der Waals surface area (Å²) in [6.07, 6.45) is 2.26. The number of nitrogens with zero attached hydrogens (tertiary/aromatic N) is 4. The lowest BCUT2D eigenvalue weighted by atomic mass is 10.2. The number of benzene rings is 2. The first kappa shape index (κ1) is 18.9. The molecule has 1 aliphatic carbocycles. The predicted octanol–water partition coefficient (Wildman–Crippen LogP) is 5.12. The fourth-order valence-electron chi connectivity index (χ4n) is 2.96. The molecule has 1 aliphatic rings. The van der Waals surface area contributed by atoms with Gasteiger partial charge in [-0.25, -0.2) is 0 Å². The molecule has 0 spiro atoms. The van der Waals surface area contributed by atoms with Crippen LogP contribution in [-0.4, -0.2) is 26.1 Å². The van der Waals surface area contributed by atoms with E-state index in [-0.39, 0.29) is 5.69 Å². The van der Waals surface area contributed by atoms with Crippen molar-refractivity contribution in [1.82, 2.24) is 15.1 Å². The molecule has 0 atom stereocenters. The molecule has 0 amide bonds. The van der Waals surface area contributed by atoms with Crippen LogP contribution in [0.4, 0.5) is 5.69 Å². The summed E-state index contributed by atoms with van der Waals surface area (Å²) < 4.78 is 5.78. The third-order valence-corrected chi connectivity index (χ3v) is 5.30. The molecule has 0 N–H and O–H groups in total. The van der Waals surface area contributed by atoms with E-state index in [0.29, 0.717) is 46.5 Å². The summed E-state index contributed by atoms with van der Waals surface area (Å²) in [6, 6.07) is 12.1. The van der Waals surface area contributed by atoms with Crippen molar-refractivity contribution >= 4 is 28.9 Å². The molecule has 4 rings (SSSR count). The zero-order valence-corrected chi connectivity index (χ0v) is 16.2. The number of hydrogen-bond acceptors (Lipinski definition) is 6. The van der Waals surface area contributed by atoms with Crippen LogP contribution in [0.2, 0.25) is 10.0 Å². The van der Waals surface area contributed by atoms with Gasteiger partial charge in [0.1, 0.15) is 0 Å². The van der Waals surface area contributed by atoms with Crippen molar-refractivity contribution in [3.05, 3.63) is 74.1 Å². The fourth-order valence-corrected chi connectivity index (χ4v) is 3.28. The van der Waals surface area contributed by atoms with Crippen molar-refractivity contribution in [2.75, 3.05) is 0 Å². The van der Waals surface area contributed by atoms with Gasteiger partial charge in [-0.2, -0.15) is 0 Å². The monoisotopic (exact) mass is 418 g/mol. The van der Waals surface area contributed by atoms with Gasteiger partial charge in [0.25, 0.3) is 5.69 Å². The number of rotatable bonds is 7. The van der Waals surface area contributed by atoms with Crippen LogP contribution < -0.4 is 0 Å². The molecule has 28 heavy (non-hydrogen) atoms. The average Bonchev–Trinajstić information content (AvgIpc) is 3.43. The van der Waals surface area contributed by atoms with Crippen LogP contribution in [-0.2, 0) is 13.1 Å². The molecule has 3 aromatic rings. The highest BCUT2D eigenvalue weighted by atomic mass is 35.5. The quantitative estimate of drug-likeness (QED) is 0.391. The van der Waals surface area contributed by atoms with Gasteiger partial charge in [-0.05, 0) is 42.7 Å². The Morgan fingerprint density at radius 1 is 1.07 bits per heavy atom. The molecule has 0 unspecified atom stereocenters. The second-order valence-electron chi connectivity index (χ2n) is 6.69. The molecule has 7 nitrogen and oxygen atoms in total. The summed E-state index contributed by atoms with van der Waals surface area (Å²) in [4.78, 5) is 12.6. The Kier molecular flexibility index (Phi) is 5.30. The standard InChI is InChI=1S/C19H16Cl2N4O3/c20-16-8-1-12(9-17(16)21)10-24(14-6-7-14)11-18-22-23-19(28-18)13-2-4-15(5-3-13)25(26)27/h1-5,8-9,14H,6-7,10-11H2. The first-order valence-electron chi connectivity index (χ1n) is 8.75. The van der Waals surface area contributed by atoms with Gasteiger partial charge < -0.3 is 4.42 Å². The minimum atomic E-state index is -0.445. The number of nitro benzene ring substituents is 1. The van der Waals surface area contributed by atoms with Gasteiger partial charge in [0.15, 0.2) is 0 Å². The van der Waals surface area contributed by atoms with E-state index in [2.05, 4.69) is 15.1 Å². The Labute approximate surface area is 171 Å². The van der Waals surface area contributed by atoms with E-state index in [0.717, 1.165) is 18.4 Å². The molecule has 9 heteroatoms. The van der Waals surface area contributed by atoms with Gasteiger partial charge in [-0.1, -0.05) is 29.3 Å². The molecular formula is C19H16Cl2N4O3. The number of aromatic nitrogens is 2. The van der Waals surface area contributed by atoms with Crippen LogP contribution in [0.15, 0.2) is 46.9 Å². The average molecular weight is 419 g/mol. The summed E-state index contributed by atoms with van der Waals surface area (Å²) >= 11 is 12.1. The van der Waals surface area contributed by atoms with E-state index >= 15 is 0 Å². The van der Waals surface area contributed by atoms with Crippen molar-refractivity contribution in [2.45, 2.75) is 32.0 Å². The summed E-state index contributed by atoms with van der Waals surface area (Å²) in [5.41, 5.74) is 1.73.